The van der Waals surface area contributed by atoms with Crippen LogP contribution in [0.5, 0.6) is 0 Å². The number of anilines is 1. The Morgan fingerprint density at radius 3 is 2.52 bits per heavy atom. The molecule has 0 saturated heterocycles. The molecule has 0 spiro atoms. The second kappa shape index (κ2) is 6.88. The highest BCUT2D eigenvalue weighted by Crippen LogP contribution is 2.19. The van der Waals surface area contributed by atoms with Gasteiger partial charge in [0.25, 0.3) is 0 Å². The van der Waals surface area contributed by atoms with Gasteiger partial charge in [0.2, 0.25) is 0 Å². The summed E-state index contributed by atoms with van der Waals surface area (Å²) in [6.45, 7) is 2.51. The Hall–Kier alpha value is -2.36. The van der Waals surface area contributed by atoms with Crippen molar-refractivity contribution in [3.63, 3.8) is 0 Å². The Bertz CT molecular complexity index is 601. The maximum absolute atomic E-state index is 13.3. The van der Waals surface area contributed by atoms with Crippen LogP contribution in [-0.2, 0) is 11.3 Å². The molecule has 3 nitrogen and oxygen atoms in total. The molecule has 0 radical (unpaired) electrons. The number of benzene rings is 2. The molecule has 0 bridgehead atoms. The highest BCUT2D eigenvalue weighted by molar-refractivity contribution is 5.70. The quantitative estimate of drug-likeness (QED) is 0.883. The minimum absolute atomic E-state index is 0.285. The van der Waals surface area contributed by atoms with Gasteiger partial charge in [0.1, 0.15) is 5.82 Å². The van der Waals surface area contributed by atoms with E-state index in [-0.39, 0.29) is 5.82 Å². The molecule has 0 heterocycles. The summed E-state index contributed by atoms with van der Waals surface area (Å²) >= 11 is 0. The number of carboxylic acids is 1. The van der Waals surface area contributed by atoms with Crippen LogP contribution in [0.1, 0.15) is 12.5 Å². The summed E-state index contributed by atoms with van der Waals surface area (Å²) in [5.41, 5.74) is 1.74. The topological polar surface area (TPSA) is 40.5 Å². The van der Waals surface area contributed by atoms with Crippen LogP contribution in [0, 0.1) is 11.7 Å². The van der Waals surface area contributed by atoms with Gasteiger partial charge in [-0.3, -0.25) is 4.79 Å². The number of halogens is 1. The van der Waals surface area contributed by atoms with E-state index in [0.29, 0.717) is 13.1 Å². The van der Waals surface area contributed by atoms with E-state index in [0.717, 1.165) is 11.3 Å². The first-order chi connectivity index (χ1) is 10.1. The van der Waals surface area contributed by atoms with Crippen molar-refractivity contribution in [3.8, 4) is 0 Å². The molecule has 4 heteroatoms. The maximum atomic E-state index is 13.3. The first kappa shape index (κ1) is 15.0. The second-order valence-electron chi connectivity index (χ2n) is 5.09. The van der Waals surface area contributed by atoms with E-state index in [1.807, 2.05) is 41.3 Å². The van der Waals surface area contributed by atoms with E-state index in [2.05, 4.69) is 0 Å². The summed E-state index contributed by atoms with van der Waals surface area (Å²) in [6.07, 6.45) is 0. The maximum Gasteiger partial charge on any atom is 0.308 e. The van der Waals surface area contributed by atoms with Gasteiger partial charge in [0.15, 0.2) is 0 Å². The van der Waals surface area contributed by atoms with Crippen LogP contribution in [0.15, 0.2) is 54.6 Å². The molecule has 0 aliphatic rings. The first-order valence-corrected chi connectivity index (χ1v) is 6.83. The molecule has 1 unspecified atom stereocenters. The Kier molecular flexibility index (Phi) is 4.93. The zero-order chi connectivity index (χ0) is 15.2. The van der Waals surface area contributed by atoms with Crippen LogP contribution in [0.25, 0.3) is 0 Å². The van der Waals surface area contributed by atoms with E-state index in [1.165, 1.54) is 12.1 Å². The lowest BCUT2D eigenvalue weighted by Gasteiger charge is -2.26. The van der Waals surface area contributed by atoms with E-state index in [4.69, 9.17) is 5.11 Å². The zero-order valence-corrected chi connectivity index (χ0v) is 11.9. The van der Waals surface area contributed by atoms with Crippen LogP contribution in [0.3, 0.4) is 0 Å². The molecule has 110 valence electrons. The molecular weight excluding hydrogens is 269 g/mol. The van der Waals surface area contributed by atoms with Gasteiger partial charge < -0.3 is 10.0 Å². The van der Waals surface area contributed by atoms with Gasteiger partial charge in [-0.25, -0.2) is 4.39 Å². The molecule has 0 saturated carbocycles. The molecule has 0 fully saturated rings. The average Bonchev–Trinajstić information content (AvgIpc) is 2.47. The van der Waals surface area contributed by atoms with E-state index in [9.17, 15) is 9.18 Å². The summed E-state index contributed by atoms with van der Waals surface area (Å²) in [7, 11) is 0. The van der Waals surface area contributed by atoms with Crippen molar-refractivity contribution >= 4 is 11.7 Å². The van der Waals surface area contributed by atoms with Crippen LogP contribution >= 0.6 is 0 Å². The van der Waals surface area contributed by atoms with Gasteiger partial charge in [-0.05, 0) is 29.8 Å². The fourth-order valence-corrected chi connectivity index (χ4v) is 2.16. The average molecular weight is 287 g/mol. The summed E-state index contributed by atoms with van der Waals surface area (Å²) in [5, 5.41) is 9.10. The molecule has 0 amide bonds. The smallest absolute Gasteiger partial charge is 0.308 e. The van der Waals surface area contributed by atoms with Crippen molar-refractivity contribution in [3.05, 3.63) is 66.0 Å². The lowest BCUT2D eigenvalue weighted by Crippen LogP contribution is -2.31. The van der Waals surface area contributed by atoms with Crippen molar-refractivity contribution in [2.45, 2.75) is 13.5 Å². The van der Waals surface area contributed by atoms with Crippen LogP contribution in [-0.4, -0.2) is 17.6 Å². The van der Waals surface area contributed by atoms with Crippen molar-refractivity contribution in [2.75, 3.05) is 11.4 Å². The highest BCUT2D eigenvalue weighted by atomic mass is 19.1. The van der Waals surface area contributed by atoms with Crippen molar-refractivity contribution in [1.29, 1.82) is 0 Å². The number of carboxylic acid groups (broad SMARTS) is 1. The molecular formula is C17H18FNO2. The number of para-hydroxylation sites is 1. The Balaban J connectivity index is 2.21. The molecule has 2 aromatic carbocycles. The van der Waals surface area contributed by atoms with Gasteiger partial charge in [-0.15, -0.1) is 0 Å². The largest absolute Gasteiger partial charge is 0.481 e. The number of hydrogen-bond donors (Lipinski definition) is 1. The van der Waals surface area contributed by atoms with Crippen LogP contribution < -0.4 is 4.90 Å². The lowest BCUT2D eigenvalue weighted by molar-refractivity contribution is -0.140. The zero-order valence-electron chi connectivity index (χ0n) is 11.9. The standard InChI is InChI=1S/C17H18FNO2/c1-13(17(20)21)11-19(16-8-3-2-4-9-16)12-14-6-5-7-15(18)10-14/h2-10,13H,11-12H2,1H3,(H,20,21). The highest BCUT2D eigenvalue weighted by Gasteiger charge is 2.17. The summed E-state index contributed by atoms with van der Waals surface area (Å²) < 4.78 is 13.3. The van der Waals surface area contributed by atoms with E-state index in [1.54, 1.807) is 13.0 Å². The fourth-order valence-electron chi connectivity index (χ4n) is 2.16. The summed E-state index contributed by atoms with van der Waals surface area (Å²) in [5.74, 6) is -1.62. The van der Waals surface area contributed by atoms with Gasteiger partial charge >= 0.3 is 5.97 Å². The third-order valence-electron chi connectivity index (χ3n) is 3.30. The van der Waals surface area contributed by atoms with Gasteiger partial charge in [-0.1, -0.05) is 37.3 Å². The number of hydrogen-bond acceptors (Lipinski definition) is 2. The Morgan fingerprint density at radius 1 is 1.19 bits per heavy atom. The predicted octanol–water partition coefficient (Wildman–Crippen LogP) is 3.55. The van der Waals surface area contributed by atoms with Gasteiger partial charge in [0.05, 0.1) is 5.92 Å². The van der Waals surface area contributed by atoms with Crippen molar-refractivity contribution in [1.82, 2.24) is 0 Å². The van der Waals surface area contributed by atoms with Crippen molar-refractivity contribution in [2.24, 2.45) is 5.92 Å². The van der Waals surface area contributed by atoms with E-state index < -0.39 is 11.9 Å². The van der Waals surface area contributed by atoms with Gasteiger partial charge in [-0.2, -0.15) is 0 Å². The second-order valence-corrected chi connectivity index (χ2v) is 5.09. The van der Waals surface area contributed by atoms with E-state index >= 15 is 0 Å². The van der Waals surface area contributed by atoms with Gasteiger partial charge in [0, 0.05) is 18.8 Å². The monoisotopic (exact) mass is 287 g/mol. The minimum Gasteiger partial charge on any atom is -0.481 e. The number of carbonyl (C=O) groups is 1. The molecule has 1 N–H and O–H groups in total. The molecule has 0 aliphatic heterocycles. The SMILES string of the molecule is CC(CN(Cc1cccc(F)c1)c1ccccc1)C(=O)O. The molecule has 0 aromatic heterocycles. The molecule has 2 aromatic rings. The third-order valence-corrected chi connectivity index (χ3v) is 3.30. The fraction of sp³-hybridized carbons (Fsp3) is 0.235. The number of nitrogens with zero attached hydrogens (tertiary/aromatic N) is 1. The summed E-state index contributed by atoms with van der Waals surface area (Å²) in [6, 6.07) is 15.9. The minimum atomic E-state index is -0.838. The molecule has 1 atom stereocenters. The molecule has 2 rings (SSSR count). The predicted molar refractivity (Wildman–Crippen MR) is 80.7 cm³/mol. The molecule has 21 heavy (non-hydrogen) atoms. The Labute approximate surface area is 123 Å². The normalized spacial score (nSPS) is 11.9. The first-order valence-electron chi connectivity index (χ1n) is 6.83. The molecule has 0 aliphatic carbocycles. The number of aliphatic carboxylic acids is 1. The third kappa shape index (κ3) is 4.31. The van der Waals surface area contributed by atoms with Crippen molar-refractivity contribution < 1.29 is 14.3 Å². The Morgan fingerprint density at radius 2 is 1.90 bits per heavy atom. The summed E-state index contributed by atoms with van der Waals surface area (Å²) in [4.78, 5) is 13.0. The van der Waals surface area contributed by atoms with Crippen LogP contribution in [0.2, 0.25) is 0 Å². The van der Waals surface area contributed by atoms with Crippen LogP contribution in [0.4, 0.5) is 10.1 Å². The lowest BCUT2D eigenvalue weighted by atomic mass is 10.1. The number of rotatable bonds is 6.